The van der Waals surface area contributed by atoms with Crippen molar-refractivity contribution in [2.45, 2.75) is 12.8 Å². The van der Waals surface area contributed by atoms with Gasteiger partial charge in [0.05, 0.1) is 0 Å². The van der Waals surface area contributed by atoms with Gasteiger partial charge in [-0.25, -0.2) is 0 Å². The molecule has 0 saturated heterocycles. The van der Waals surface area contributed by atoms with E-state index < -0.39 is 0 Å². The third-order valence-corrected chi connectivity index (χ3v) is 1.60. The Bertz CT molecular complexity index is 211. The van der Waals surface area contributed by atoms with Crippen LogP contribution in [0.5, 0.6) is 0 Å². The zero-order valence-corrected chi connectivity index (χ0v) is 7.35. The number of aliphatic hydroxyl groups excluding tert-OH is 1. The molecule has 0 heterocycles. The average molecular weight is 180 g/mol. The molecule has 0 saturated carbocycles. The van der Waals surface area contributed by atoms with Crippen LogP contribution < -0.4 is 5.46 Å². The quantitative estimate of drug-likeness (QED) is 0.667. The predicted molar refractivity (Wildman–Crippen MR) is 51.1 cm³/mol. The molecule has 3 N–H and O–H groups in total. The molecule has 0 bridgehead atoms. The first-order chi connectivity index (χ1) is 5.33. The summed E-state index contributed by atoms with van der Waals surface area (Å²) in [7, 11) is 5.51. The Morgan fingerprint density at radius 3 is 2.08 bits per heavy atom. The van der Waals surface area contributed by atoms with Gasteiger partial charge >= 0.3 is 67.7 Å². The van der Waals surface area contributed by atoms with Crippen LogP contribution in [0, 0.1) is 0 Å². The molecule has 0 fully saturated rings. The van der Waals surface area contributed by atoms with Crippen LogP contribution >= 0.6 is 0 Å². The molecule has 0 spiro atoms. The minimum atomic E-state index is 0. The van der Waals surface area contributed by atoms with E-state index in [0.717, 1.165) is 18.3 Å². The molecule has 70 valence electrons. The van der Waals surface area contributed by atoms with Crippen molar-refractivity contribution in [3.8, 4) is 0 Å². The topological polar surface area (TPSA) is 80.2 Å². The number of aryl methyl sites for hydroxylation is 1. The molecule has 0 aliphatic heterocycles. The Kier molecular flexibility index (Phi) is 8.80. The molecule has 4 heteroatoms. The van der Waals surface area contributed by atoms with Crippen LogP contribution in [0.1, 0.15) is 12.0 Å². The minimum Gasteiger partial charge on any atom is -0.870 e. The summed E-state index contributed by atoms with van der Waals surface area (Å²) in [6.45, 7) is 0.254. The summed E-state index contributed by atoms with van der Waals surface area (Å²) >= 11 is 0. The normalized spacial score (nSPS) is 8.54. The fourth-order valence-electron chi connectivity index (χ4n) is 0.967. The van der Waals surface area contributed by atoms with E-state index >= 15 is 0 Å². The Morgan fingerprint density at radius 2 is 1.62 bits per heavy atom. The fraction of sp³-hybridized carbons (Fsp3) is 0.333. The van der Waals surface area contributed by atoms with Crippen LogP contribution in [0.25, 0.3) is 0 Å². The number of hydrogen-bond donors (Lipinski definition) is 1. The van der Waals surface area contributed by atoms with Gasteiger partial charge in [-0.3, -0.25) is 0 Å². The molecule has 0 unspecified atom stereocenters. The van der Waals surface area contributed by atoms with Crippen molar-refractivity contribution < 1.29 is 16.1 Å². The predicted octanol–water partition coefficient (Wildman–Crippen LogP) is 0.0517. The molecule has 13 heavy (non-hydrogen) atoms. The van der Waals surface area contributed by atoms with Crippen molar-refractivity contribution >= 4 is 13.3 Å². The van der Waals surface area contributed by atoms with Crippen molar-refractivity contribution in [1.29, 1.82) is 0 Å². The first-order valence-electron chi connectivity index (χ1n) is 3.78. The van der Waals surface area contributed by atoms with Crippen LogP contribution in [-0.2, 0) is 6.42 Å². The van der Waals surface area contributed by atoms with Gasteiger partial charge in [-0.05, 0) is 0 Å². The van der Waals surface area contributed by atoms with Gasteiger partial charge in [0.1, 0.15) is 0 Å². The average Bonchev–Trinajstić information content (AvgIpc) is 2.04. The van der Waals surface area contributed by atoms with Gasteiger partial charge < -0.3 is 11.0 Å². The van der Waals surface area contributed by atoms with Crippen LogP contribution in [-0.4, -0.2) is 30.5 Å². The van der Waals surface area contributed by atoms with Crippen molar-refractivity contribution in [2.75, 3.05) is 6.61 Å². The van der Waals surface area contributed by atoms with E-state index in [1.54, 1.807) is 0 Å². The first kappa shape index (κ1) is 14.7. The van der Waals surface area contributed by atoms with E-state index in [9.17, 15) is 0 Å². The number of hydrogen-bond acceptors (Lipinski definition) is 3. The maximum atomic E-state index is 8.56. The number of rotatable bonds is 3. The Hall–Kier alpha value is -0.835. The minimum absolute atomic E-state index is 0. The molecule has 1 rings (SSSR count). The Morgan fingerprint density at radius 1 is 1.08 bits per heavy atom. The smallest absolute Gasteiger partial charge is 0.870 e. The van der Waals surface area contributed by atoms with Gasteiger partial charge in [0.2, 0.25) is 0 Å². The van der Waals surface area contributed by atoms with E-state index in [2.05, 4.69) is 0 Å². The standard InChI is InChI=1S/C9H11BO.2H2O/c10-9-5-3-8(4-6-9)2-1-7-11;;/h3-6,11H,1-2,7H2;2*1H2/q+2;;/p-2. The summed E-state index contributed by atoms with van der Waals surface area (Å²) in [5, 5.41) is 8.56. The number of aliphatic hydroxyl groups is 1. The molecular weight excluding hydrogens is 167 g/mol. The van der Waals surface area contributed by atoms with E-state index in [-0.39, 0.29) is 17.6 Å². The molecular formula is C9H13BO3. The van der Waals surface area contributed by atoms with Gasteiger partial charge in [-0.1, -0.05) is 0 Å². The van der Waals surface area contributed by atoms with E-state index in [4.69, 9.17) is 13.0 Å². The third-order valence-electron chi connectivity index (χ3n) is 1.60. The molecule has 3 nitrogen and oxygen atoms in total. The zero-order valence-electron chi connectivity index (χ0n) is 7.35. The molecule has 0 amide bonds. The molecule has 0 atom stereocenters. The van der Waals surface area contributed by atoms with Gasteiger partial charge in [-0.2, -0.15) is 0 Å². The summed E-state index contributed by atoms with van der Waals surface area (Å²) in [5.41, 5.74) is 2.02. The van der Waals surface area contributed by atoms with Gasteiger partial charge in [0.15, 0.2) is 0 Å². The number of benzene rings is 1. The fourth-order valence-corrected chi connectivity index (χ4v) is 0.967. The Labute approximate surface area is 79.4 Å². The summed E-state index contributed by atoms with van der Waals surface area (Å²) < 4.78 is 0. The van der Waals surface area contributed by atoms with Crippen molar-refractivity contribution in [2.24, 2.45) is 0 Å². The van der Waals surface area contributed by atoms with Crippen LogP contribution in [0.2, 0.25) is 0 Å². The molecule has 0 aliphatic carbocycles. The summed E-state index contributed by atoms with van der Waals surface area (Å²) in [6.07, 6.45) is 1.75. The van der Waals surface area contributed by atoms with Gasteiger partial charge in [-0.15, -0.1) is 0 Å². The molecule has 1 aromatic carbocycles. The van der Waals surface area contributed by atoms with Crippen LogP contribution in [0.15, 0.2) is 24.3 Å². The second-order valence-electron chi connectivity index (χ2n) is 2.57. The maximum Gasteiger partial charge on any atom is -0.870 e. The van der Waals surface area contributed by atoms with E-state index in [0.29, 0.717) is 0 Å². The third kappa shape index (κ3) is 5.41. The van der Waals surface area contributed by atoms with Gasteiger partial charge in [0, 0.05) is 0 Å². The maximum absolute atomic E-state index is 8.56. The van der Waals surface area contributed by atoms with Crippen molar-refractivity contribution in [1.82, 2.24) is 0 Å². The van der Waals surface area contributed by atoms with Crippen molar-refractivity contribution in [3.63, 3.8) is 0 Å². The second-order valence-corrected chi connectivity index (χ2v) is 2.57. The monoisotopic (exact) mass is 180 g/mol. The zero-order chi connectivity index (χ0) is 8.10. The van der Waals surface area contributed by atoms with E-state index in [1.165, 1.54) is 5.56 Å². The molecule has 1 aromatic rings. The Balaban J connectivity index is 0. The summed E-state index contributed by atoms with van der Waals surface area (Å²) in [5.74, 6) is 0. The van der Waals surface area contributed by atoms with E-state index in [1.807, 2.05) is 24.3 Å². The molecule has 0 aliphatic rings. The first-order valence-corrected chi connectivity index (χ1v) is 3.78. The largest absolute Gasteiger partial charge is 0.870 e. The van der Waals surface area contributed by atoms with Crippen molar-refractivity contribution in [3.05, 3.63) is 29.8 Å². The summed E-state index contributed by atoms with van der Waals surface area (Å²) in [4.78, 5) is 0. The second kappa shape index (κ2) is 7.80. The van der Waals surface area contributed by atoms with Gasteiger partial charge in [0.25, 0.3) is 0 Å². The van der Waals surface area contributed by atoms with Crippen LogP contribution in [0.3, 0.4) is 0 Å². The molecule has 0 radical (unpaired) electrons. The SMILES string of the molecule is [B+2]c1ccc(CCCO)cc1.[OH-].[OH-]. The van der Waals surface area contributed by atoms with Crippen LogP contribution in [0.4, 0.5) is 0 Å². The summed E-state index contributed by atoms with van der Waals surface area (Å²) in [6, 6.07) is 7.75. The molecule has 0 aromatic heterocycles.